The molecule has 0 saturated heterocycles. The number of esters is 1. The highest BCUT2D eigenvalue weighted by molar-refractivity contribution is 6.37. The van der Waals surface area contributed by atoms with Crippen LogP contribution in [-0.2, 0) is 22.5 Å². The predicted octanol–water partition coefficient (Wildman–Crippen LogP) is 4.40. The molecule has 0 spiro atoms. The molecule has 7 nitrogen and oxygen atoms in total. The Morgan fingerprint density at radius 3 is 2.57 bits per heavy atom. The number of anilines is 2. The zero-order valence-electron chi connectivity index (χ0n) is 20.0. The standard InChI is InChI=1S/C28H27N3O4/c1-31(2)16-17-4-9-21(10-5-17)29-26(19-7-6-18-12-13-35-24(18)15-19)25-22-11-8-20(28(33)34-3)14-23(22)30-27(25)32/h4-11,14-15,29H,12-13,16H2,1-3H3,(H,30,32). The predicted molar refractivity (Wildman–Crippen MR) is 136 cm³/mol. The van der Waals surface area contributed by atoms with E-state index in [9.17, 15) is 9.59 Å². The lowest BCUT2D eigenvalue weighted by atomic mass is 9.98. The molecule has 0 atom stereocenters. The van der Waals surface area contributed by atoms with Gasteiger partial charge in [-0.25, -0.2) is 4.79 Å². The van der Waals surface area contributed by atoms with Crippen LogP contribution in [0.5, 0.6) is 5.75 Å². The average molecular weight is 470 g/mol. The lowest BCUT2D eigenvalue weighted by molar-refractivity contribution is -0.110. The van der Waals surface area contributed by atoms with Gasteiger partial charge in [-0.3, -0.25) is 4.79 Å². The van der Waals surface area contributed by atoms with Gasteiger partial charge in [-0.1, -0.05) is 30.3 Å². The second kappa shape index (κ2) is 9.27. The molecule has 0 radical (unpaired) electrons. The van der Waals surface area contributed by atoms with E-state index in [0.29, 0.717) is 29.1 Å². The number of benzene rings is 3. The molecule has 7 heteroatoms. The monoisotopic (exact) mass is 469 g/mol. The number of methoxy groups -OCH3 is 1. The van der Waals surface area contributed by atoms with Gasteiger partial charge in [-0.05, 0) is 55.6 Å². The summed E-state index contributed by atoms with van der Waals surface area (Å²) in [5.41, 5.74) is 6.91. The summed E-state index contributed by atoms with van der Waals surface area (Å²) < 4.78 is 10.6. The van der Waals surface area contributed by atoms with Gasteiger partial charge in [0.15, 0.2) is 0 Å². The second-order valence-electron chi connectivity index (χ2n) is 8.94. The summed E-state index contributed by atoms with van der Waals surface area (Å²) in [5.74, 6) is 0.143. The lowest BCUT2D eigenvalue weighted by Gasteiger charge is -2.16. The van der Waals surface area contributed by atoms with Crippen molar-refractivity contribution in [3.63, 3.8) is 0 Å². The molecular weight excluding hydrogens is 442 g/mol. The quantitative estimate of drug-likeness (QED) is 0.412. The molecule has 0 aliphatic carbocycles. The highest BCUT2D eigenvalue weighted by Gasteiger charge is 2.30. The third-order valence-electron chi connectivity index (χ3n) is 6.14. The molecule has 0 unspecified atom stereocenters. The molecule has 0 aromatic heterocycles. The lowest BCUT2D eigenvalue weighted by Crippen LogP contribution is -2.11. The summed E-state index contributed by atoms with van der Waals surface area (Å²) in [6.07, 6.45) is 0.877. The molecule has 178 valence electrons. The Hall–Kier alpha value is -4.10. The Labute approximate surface area is 204 Å². The van der Waals surface area contributed by atoms with Crippen LogP contribution in [0.25, 0.3) is 11.3 Å². The van der Waals surface area contributed by atoms with Crippen molar-refractivity contribution in [2.45, 2.75) is 13.0 Å². The molecule has 1 amide bonds. The summed E-state index contributed by atoms with van der Waals surface area (Å²) in [6.45, 7) is 1.50. The van der Waals surface area contributed by atoms with Crippen molar-refractivity contribution < 1.29 is 19.1 Å². The van der Waals surface area contributed by atoms with Gasteiger partial charge in [0.2, 0.25) is 0 Å². The first kappa shape index (κ1) is 22.7. The summed E-state index contributed by atoms with van der Waals surface area (Å²) in [4.78, 5) is 27.3. The van der Waals surface area contributed by atoms with Gasteiger partial charge < -0.3 is 25.0 Å². The van der Waals surface area contributed by atoms with Crippen molar-refractivity contribution in [2.75, 3.05) is 38.4 Å². The van der Waals surface area contributed by atoms with E-state index in [-0.39, 0.29) is 5.91 Å². The number of carbonyl (C=O) groups is 2. The van der Waals surface area contributed by atoms with Crippen LogP contribution in [0, 0.1) is 0 Å². The van der Waals surface area contributed by atoms with Crippen LogP contribution in [-0.4, -0.2) is 44.6 Å². The average Bonchev–Trinajstić information content (AvgIpc) is 3.45. The Balaban J connectivity index is 1.60. The van der Waals surface area contributed by atoms with Gasteiger partial charge in [0.1, 0.15) is 5.75 Å². The van der Waals surface area contributed by atoms with Crippen molar-refractivity contribution in [1.82, 2.24) is 4.90 Å². The Morgan fingerprint density at radius 2 is 1.83 bits per heavy atom. The van der Waals surface area contributed by atoms with E-state index >= 15 is 0 Å². The number of ether oxygens (including phenoxy) is 2. The molecular formula is C28H27N3O4. The maximum Gasteiger partial charge on any atom is 0.337 e. The zero-order chi connectivity index (χ0) is 24.5. The molecule has 35 heavy (non-hydrogen) atoms. The summed E-state index contributed by atoms with van der Waals surface area (Å²) in [5, 5.41) is 6.39. The minimum Gasteiger partial charge on any atom is -0.493 e. The highest BCUT2D eigenvalue weighted by Crippen LogP contribution is 2.39. The van der Waals surface area contributed by atoms with Gasteiger partial charge in [0, 0.05) is 29.8 Å². The van der Waals surface area contributed by atoms with Crippen LogP contribution >= 0.6 is 0 Å². The molecule has 2 heterocycles. The first-order chi connectivity index (χ1) is 16.9. The number of nitrogens with zero attached hydrogens (tertiary/aromatic N) is 1. The van der Waals surface area contributed by atoms with Crippen molar-refractivity contribution in [1.29, 1.82) is 0 Å². The fourth-order valence-electron chi connectivity index (χ4n) is 4.47. The van der Waals surface area contributed by atoms with Crippen LogP contribution in [0.4, 0.5) is 11.4 Å². The van der Waals surface area contributed by atoms with Crippen LogP contribution in [0.3, 0.4) is 0 Å². The van der Waals surface area contributed by atoms with E-state index in [1.807, 2.05) is 44.4 Å². The van der Waals surface area contributed by atoms with Crippen LogP contribution < -0.4 is 15.4 Å². The molecule has 2 aliphatic heterocycles. The van der Waals surface area contributed by atoms with E-state index < -0.39 is 5.97 Å². The van der Waals surface area contributed by atoms with Crippen molar-refractivity contribution >= 4 is 34.5 Å². The number of nitrogens with one attached hydrogen (secondary N) is 2. The number of hydrogen-bond acceptors (Lipinski definition) is 6. The van der Waals surface area contributed by atoms with Crippen LogP contribution in [0.15, 0.2) is 60.7 Å². The van der Waals surface area contributed by atoms with Gasteiger partial charge in [-0.2, -0.15) is 0 Å². The minimum absolute atomic E-state index is 0.241. The van der Waals surface area contributed by atoms with Gasteiger partial charge in [0.05, 0.1) is 36.2 Å². The van der Waals surface area contributed by atoms with E-state index in [4.69, 9.17) is 9.47 Å². The van der Waals surface area contributed by atoms with Crippen molar-refractivity contribution in [3.8, 4) is 5.75 Å². The third kappa shape index (κ3) is 4.50. The molecule has 0 saturated carbocycles. The van der Waals surface area contributed by atoms with E-state index in [1.54, 1.807) is 18.2 Å². The number of carbonyl (C=O) groups excluding carboxylic acids is 2. The summed E-state index contributed by atoms with van der Waals surface area (Å²) in [6, 6.07) is 19.3. The first-order valence-electron chi connectivity index (χ1n) is 11.5. The third-order valence-corrected chi connectivity index (χ3v) is 6.14. The smallest absolute Gasteiger partial charge is 0.337 e. The SMILES string of the molecule is COC(=O)c1ccc2c(c1)NC(=O)C2=C(Nc1ccc(CN(C)C)cc1)c1ccc2c(c1)OCC2. The number of rotatable bonds is 6. The van der Waals surface area contributed by atoms with E-state index in [2.05, 4.69) is 27.7 Å². The first-order valence-corrected chi connectivity index (χ1v) is 11.5. The summed E-state index contributed by atoms with van der Waals surface area (Å²) in [7, 11) is 5.40. The highest BCUT2D eigenvalue weighted by atomic mass is 16.5. The van der Waals surface area contributed by atoms with E-state index in [1.165, 1.54) is 12.7 Å². The number of amides is 1. The Kier molecular flexibility index (Phi) is 6.01. The maximum atomic E-state index is 13.2. The van der Waals surface area contributed by atoms with Gasteiger partial charge in [0.25, 0.3) is 5.91 Å². The summed E-state index contributed by atoms with van der Waals surface area (Å²) >= 11 is 0. The second-order valence-corrected chi connectivity index (χ2v) is 8.94. The Morgan fingerprint density at radius 1 is 1.06 bits per heavy atom. The topological polar surface area (TPSA) is 79.9 Å². The molecule has 0 bridgehead atoms. The van der Waals surface area contributed by atoms with Crippen molar-refractivity contribution in [3.05, 3.63) is 88.5 Å². The van der Waals surface area contributed by atoms with Crippen LogP contribution in [0.2, 0.25) is 0 Å². The minimum atomic E-state index is -0.452. The van der Waals surface area contributed by atoms with Gasteiger partial charge >= 0.3 is 5.97 Å². The largest absolute Gasteiger partial charge is 0.493 e. The fourth-order valence-corrected chi connectivity index (χ4v) is 4.47. The fraction of sp³-hybridized carbons (Fsp3) is 0.214. The van der Waals surface area contributed by atoms with E-state index in [0.717, 1.165) is 41.1 Å². The van der Waals surface area contributed by atoms with Crippen molar-refractivity contribution in [2.24, 2.45) is 0 Å². The molecule has 2 N–H and O–H groups in total. The van der Waals surface area contributed by atoms with Crippen LogP contribution in [0.1, 0.15) is 32.6 Å². The maximum absolute atomic E-state index is 13.2. The zero-order valence-corrected chi connectivity index (χ0v) is 20.0. The number of hydrogen-bond donors (Lipinski definition) is 2. The number of fused-ring (bicyclic) bond motifs is 2. The van der Waals surface area contributed by atoms with Gasteiger partial charge in [-0.15, -0.1) is 0 Å². The molecule has 3 aromatic carbocycles. The molecule has 0 fully saturated rings. The molecule has 3 aromatic rings. The molecule has 5 rings (SSSR count). The normalized spacial score (nSPS) is 15.3. The molecule has 2 aliphatic rings. The Bertz CT molecular complexity index is 1340.